The lowest BCUT2D eigenvalue weighted by Gasteiger charge is -2.24. The third-order valence-electron chi connectivity index (χ3n) is 2.03. The lowest BCUT2D eigenvalue weighted by atomic mass is 10.0. The summed E-state index contributed by atoms with van der Waals surface area (Å²) in [4.78, 5) is 19.0. The molecule has 0 atom stereocenters. The Morgan fingerprint density at radius 3 is 3.07 bits per heavy atom. The molecular weight excluding hydrogens is 182 g/mol. The number of carbonyl (C=O) groups excluding carboxylic acids is 1. The molecule has 0 bridgehead atoms. The summed E-state index contributed by atoms with van der Waals surface area (Å²) in [6.45, 7) is 1.38. The molecule has 5 heteroatoms. The monoisotopic (exact) mass is 193 g/mol. The zero-order valence-electron chi connectivity index (χ0n) is 7.64. The van der Waals surface area contributed by atoms with Crippen molar-refractivity contribution in [2.75, 3.05) is 18.5 Å². The van der Waals surface area contributed by atoms with Crippen LogP contribution >= 0.6 is 0 Å². The second-order valence-corrected chi connectivity index (χ2v) is 3.25. The van der Waals surface area contributed by atoms with Crippen molar-refractivity contribution >= 4 is 11.7 Å². The van der Waals surface area contributed by atoms with Gasteiger partial charge in [0.15, 0.2) is 0 Å². The number of ether oxygens (including phenoxy) is 1. The predicted octanol–water partition coefficient (Wildman–Crippen LogP) is 0.452. The topological polar surface area (TPSA) is 64.1 Å². The molecule has 1 aromatic rings. The van der Waals surface area contributed by atoms with Gasteiger partial charge in [-0.25, -0.2) is 9.97 Å². The van der Waals surface area contributed by atoms with E-state index in [1.165, 1.54) is 6.33 Å². The first-order valence-electron chi connectivity index (χ1n) is 4.48. The van der Waals surface area contributed by atoms with Gasteiger partial charge in [0, 0.05) is 18.5 Å². The van der Waals surface area contributed by atoms with Gasteiger partial charge in [-0.05, 0) is 6.07 Å². The number of carbonyl (C=O) groups is 1. The highest BCUT2D eigenvalue weighted by Crippen LogP contribution is 2.14. The maximum absolute atomic E-state index is 11.4. The summed E-state index contributed by atoms with van der Waals surface area (Å²) in [5.74, 6) is 0.902. The highest BCUT2D eigenvalue weighted by Gasteiger charge is 2.21. The first kappa shape index (κ1) is 9.08. The first-order chi connectivity index (χ1) is 6.84. The zero-order valence-corrected chi connectivity index (χ0v) is 7.64. The first-order valence-corrected chi connectivity index (χ1v) is 4.48. The molecule has 0 aliphatic carbocycles. The van der Waals surface area contributed by atoms with Crippen LogP contribution in [0.15, 0.2) is 18.6 Å². The molecule has 74 valence electrons. The standard InChI is InChI=1S/C9H11N3O2/c13-9(3-7-4-14-5-7)12-8-1-2-10-6-11-8/h1-2,6-7H,3-5H2,(H,10,11,12,13). The van der Waals surface area contributed by atoms with Gasteiger partial charge < -0.3 is 10.1 Å². The Hall–Kier alpha value is -1.49. The number of anilines is 1. The summed E-state index contributed by atoms with van der Waals surface area (Å²) in [5, 5.41) is 2.70. The number of hydrogen-bond donors (Lipinski definition) is 1. The van der Waals surface area contributed by atoms with E-state index in [0.717, 1.165) is 0 Å². The van der Waals surface area contributed by atoms with Gasteiger partial charge in [-0.15, -0.1) is 0 Å². The van der Waals surface area contributed by atoms with E-state index in [-0.39, 0.29) is 5.91 Å². The van der Waals surface area contributed by atoms with Crippen molar-refractivity contribution in [1.82, 2.24) is 9.97 Å². The predicted molar refractivity (Wildman–Crippen MR) is 49.6 cm³/mol. The molecule has 0 aromatic carbocycles. The van der Waals surface area contributed by atoms with Crippen molar-refractivity contribution in [3.63, 3.8) is 0 Å². The van der Waals surface area contributed by atoms with E-state index in [1.54, 1.807) is 12.3 Å². The second-order valence-electron chi connectivity index (χ2n) is 3.25. The molecule has 1 aliphatic rings. The molecule has 1 amide bonds. The maximum atomic E-state index is 11.4. The summed E-state index contributed by atoms with van der Waals surface area (Å²) in [7, 11) is 0. The van der Waals surface area contributed by atoms with E-state index in [2.05, 4.69) is 15.3 Å². The minimum absolute atomic E-state index is 0.0167. The number of aromatic nitrogens is 2. The van der Waals surface area contributed by atoms with E-state index in [9.17, 15) is 4.79 Å². The fourth-order valence-electron chi connectivity index (χ4n) is 1.22. The van der Waals surface area contributed by atoms with E-state index in [1.807, 2.05) is 0 Å². The van der Waals surface area contributed by atoms with E-state index >= 15 is 0 Å². The minimum atomic E-state index is -0.0167. The van der Waals surface area contributed by atoms with Crippen LogP contribution in [0, 0.1) is 5.92 Å². The Bertz CT molecular complexity index is 311. The normalized spacial score (nSPS) is 16.0. The Morgan fingerprint density at radius 2 is 2.50 bits per heavy atom. The van der Waals surface area contributed by atoms with Crippen molar-refractivity contribution in [3.05, 3.63) is 18.6 Å². The van der Waals surface area contributed by atoms with Gasteiger partial charge in [0.25, 0.3) is 0 Å². The summed E-state index contributed by atoms with van der Waals surface area (Å²) in [6, 6.07) is 1.66. The van der Waals surface area contributed by atoms with Crippen LogP contribution in [-0.2, 0) is 9.53 Å². The van der Waals surface area contributed by atoms with Crippen LogP contribution in [0.1, 0.15) is 6.42 Å². The molecule has 1 fully saturated rings. The van der Waals surface area contributed by atoms with Gasteiger partial charge >= 0.3 is 0 Å². The zero-order chi connectivity index (χ0) is 9.80. The van der Waals surface area contributed by atoms with Gasteiger partial charge in [-0.1, -0.05) is 0 Å². The van der Waals surface area contributed by atoms with Crippen LogP contribution in [0.4, 0.5) is 5.82 Å². The van der Waals surface area contributed by atoms with Crippen molar-refractivity contribution in [1.29, 1.82) is 0 Å². The van der Waals surface area contributed by atoms with Crippen molar-refractivity contribution < 1.29 is 9.53 Å². The Morgan fingerprint density at radius 1 is 1.64 bits per heavy atom. The number of hydrogen-bond acceptors (Lipinski definition) is 4. The fourth-order valence-corrected chi connectivity index (χ4v) is 1.22. The molecule has 0 saturated carbocycles. The van der Waals surface area contributed by atoms with Gasteiger partial charge in [0.05, 0.1) is 13.2 Å². The number of nitrogens with zero attached hydrogens (tertiary/aromatic N) is 2. The summed E-state index contributed by atoms with van der Waals surface area (Å²) in [6.07, 6.45) is 3.50. The molecular formula is C9H11N3O2. The number of rotatable bonds is 3. The largest absolute Gasteiger partial charge is 0.381 e. The van der Waals surface area contributed by atoms with E-state index < -0.39 is 0 Å². The SMILES string of the molecule is O=C(CC1COC1)Nc1ccncn1. The number of amides is 1. The maximum Gasteiger partial charge on any atom is 0.225 e. The van der Waals surface area contributed by atoms with Crippen molar-refractivity contribution in [2.45, 2.75) is 6.42 Å². The molecule has 1 N–H and O–H groups in total. The Labute approximate surface area is 81.5 Å². The Kier molecular flexibility index (Phi) is 2.69. The smallest absolute Gasteiger partial charge is 0.225 e. The van der Waals surface area contributed by atoms with Crippen LogP contribution in [0.2, 0.25) is 0 Å². The molecule has 14 heavy (non-hydrogen) atoms. The second kappa shape index (κ2) is 4.15. The van der Waals surface area contributed by atoms with Gasteiger partial charge in [0.1, 0.15) is 12.1 Å². The van der Waals surface area contributed by atoms with Crippen LogP contribution in [-0.4, -0.2) is 29.1 Å². The molecule has 2 heterocycles. The Balaban J connectivity index is 1.82. The van der Waals surface area contributed by atoms with Crippen LogP contribution in [0.25, 0.3) is 0 Å². The van der Waals surface area contributed by atoms with E-state index in [4.69, 9.17) is 4.74 Å². The lowest BCUT2D eigenvalue weighted by molar-refractivity contribution is -0.121. The average Bonchev–Trinajstić information content (AvgIpc) is 2.13. The fraction of sp³-hybridized carbons (Fsp3) is 0.444. The highest BCUT2D eigenvalue weighted by atomic mass is 16.5. The molecule has 1 saturated heterocycles. The number of nitrogens with one attached hydrogen (secondary N) is 1. The summed E-state index contributed by atoms with van der Waals surface area (Å²) in [5.41, 5.74) is 0. The third-order valence-corrected chi connectivity index (χ3v) is 2.03. The molecule has 0 radical (unpaired) electrons. The third kappa shape index (κ3) is 2.26. The quantitative estimate of drug-likeness (QED) is 0.757. The lowest BCUT2D eigenvalue weighted by Crippen LogP contribution is -2.31. The minimum Gasteiger partial charge on any atom is -0.381 e. The van der Waals surface area contributed by atoms with Crippen LogP contribution < -0.4 is 5.32 Å². The molecule has 1 aliphatic heterocycles. The van der Waals surface area contributed by atoms with Gasteiger partial charge in [-0.3, -0.25) is 4.79 Å². The van der Waals surface area contributed by atoms with Crippen LogP contribution in [0.5, 0.6) is 0 Å². The van der Waals surface area contributed by atoms with Crippen molar-refractivity contribution in [2.24, 2.45) is 5.92 Å². The van der Waals surface area contributed by atoms with Gasteiger partial charge in [0.2, 0.25) is 5.91 Å². The summed E-state index contributed by atoms with van der Waals surface area (Å²) >= 11 is 0. The van der Waals surface area contributed by atoms with Crippen LogP contribution in [0.3, 0.4) is 0 Å². The molecule has 2 rings (SSSR count). The molecule has 5 nitrogen and oxygen atoms in total. The average molecular weight is 193 g/mol. The van der Waals surface area contributed by atoms with Crippen molar-refractivity contribution in [3.8, 4) is 0 Å². The highest BCUT2D eigenvalue weighted by molar-refractivity contribution is 5.89. The molecule has 0 unspecified atom stereocenters. The van der Waals surface area contributed by atoms with Gasteiger partial charge in [-0.2, -0.15) is 0 Å². The molecule has 1 aromatic heterocycles. The van der Waals surface area contributed by atoms with E-state index in [0.29, 0.717) is 31.4 Å². The molecule has 0 spiro atoms. The summed E-state index contributed by atoms with van der Waals surface area (Å²) < 4.78 is 4.98.